The first-order valence-corrected chi connectivity index (χ1v) is 12.0. The number of ether oxygens (including phenoxy) is 1. The van der Waals surface area contributed by atoms with Crippen molar-refractivity contribution in [2.45, 2.75) is 51.6 Å². The van der Waals surface area contributed by atoms with Gasteiger partial charge in [-0.15, -0.1) is 0 Å². The quantitative estimate of drug-likeness (QED) is 0.239. The minimum absolute atomic E-state index is 0.201. The van der Waals surface area contributed by atoms with E-state index < -0.39 is 12.0 Å². The SMILES string of the molecule is CCCCCCC(C(=O)NCC(=O)OC)N(Cc1ccccc1)C(=O)c1ccccc1I. The average Bonchev–Trinajstić information content (AvgIpc) is 2.81. The molecule has 0 bridgehead atoms. The van der Waals surface area contributed by atoms with Gasteiger partial charge in [0.15, 0.2) is 0 Å². The second kappa shape index (κ2) is 13.9. The van der Waals surface area contributed by atoms with Crippen LogP contribution < -0.4 is 5.32 Å². The third kappa shape index (κ3) is 7.93. The summed E-state index contributed by atoms with van der Waals surface area (Å²) in [6.07, 6.45) is 4.46. The van der Waals surface area contributed by atoms with E-state index in [0.29, 0.717) is 18.5 Å². The minimum Gasteiger partial charge on any atom is -0.468 e. The number of benzene rings is 2. The number of rotatable bonds is 12. The van der Waals surface area contributed by atoms with Crippen LogP contribution in [0, 0.1) is 3.57 Å². The van der Waals surface area contributed by atoms with E-state index in [2.05, 4.69) is 39.6 Å². The third-order valence-corrected chi connectivity index (χ3v) is 6.15. The van der Waals surface area contributed by atoms with Gasteiger partial charge in [0.2, 0.25) is 5.91 Å². The highest BCUT2D eigenvalue weighted by Crippen LogP contribution is 2.21. The molecule has 0 spiro atoms. The van der Waals surface area contributed by atoms with Crippen LogP contribution in [0.2, 0.25) is 0 Å². The molecule has 0 fully saturated rings. The Morgan fingerprint density at radius 1 is 1.00 bits per heavy atom. The molecule has 2 aromatic rings. The molecule has 7 heteroatoms. The zero-order valence-corrected chi connectivity index (χ0v) is 20.8. The number of methoxy groups -OCH3 is 1. The number of unbranched alkanes of at least 4 members (excludes halogenated alkanes) is 3. The van der Waals surface area contributed by atoms with Gasteiger partial charge in [-0.2, -0.15) is 0 Å². The first-order valence-electron chi connectivity index (χ1n) is 10.9. The molecule has 0 aliphatic rings. The van der Waals surface area contributed by atoms with Gasteiger partial charge in [0.05, 0.1) is 12.7 Å². The van der Waals surface area contributed by atoms with E-state index in [0.717, 1.165) is 34.8 Å². The van der Waals surface area contributed by atoms with E-state index in [1.54, 1.807) is 11.0 Å². The van der Waals surface area contributed by atoms with E-state index >= 15 is 0 Å². The lowest BCUT2D eigenvalue weighted by molar-refractivity contribution is -0.141. The van der Waals surface area contributed by atoms with E-state index in [1.807, 2.05) is 48.5 Å². The first-order chi connectivity index (χ1) is 15.5. The molecule has 0 heterocycles. The summed E-state index contributed by atoms with van der Waals surface area (Å²) in [6.45, 7) is 2.20. The lowest BCUT2D eigenvalue weighted by Crippen LogP contribution is -2.50. The van der Waals surface area contributed by atoms with Crippen LogP contribution in [0.3, 0.4) is 0 Å². The summed E-state index contributed by atoms with van der Waals surface area (Å²) in [7, 11) is 1.28. The van der Waals surface area contributed by atoms with Crippen molar-refractivity contribution >= 4 is 40.4 Å². The highest BCUT2D eigenvalue weighted by Gasteiger charge is 2.31. The number of nitrogens with zero attached hydrogens (tertiary/aromatic N) is 1. The molecule has 1 unspecified atom stereocenters. The number of hydrogen-bond acceptors (Lipinski definition) is 4. The van der Waals surface area contributed by atoms with Crippen molar-refractivity contribution in [2.75, 3.05) is 13.7 Å². The second-order valence-corrected chi connectivity index (χ2v) is 8.72. The molecule has 172 valence electrons. The highest BCUT2D eigenvalue weighted by molar-refractivity contribution is 14.1. The Morgan fingerprint density at radius 2 is 1.69 bits per heavy atom. The van der Waals surface area contributed by atoms with Crippen LogP contribution in [0.15, 0.2) is 54.6 Å². The van der Waals surface area contributed by atoms with Gasteiger partial charge in [-0.25, -0.2) is 0 Å². The summed E-state index contributed by atoms with van der Waals surface area (Å²) in [6, 6.07) is 16.3. The largest absolute Gasteiger partial charge is 0.468 e. The predicted octanol–water partition coefficient (Wildman–Crippen LogP) is 4.56. The lowest BCUT2D eigenvalue weighted by Gasteiger charge is -2.31. The normalized spacial score (nSPS) is 11.5. The molecule has 2 aromatic carbocycles. The smallest absolute Gasteiger partial charge is 0.325 e. The number of halogens is 1. The van der Waals surface area contributed by atoms with Gasteiger partial charge in [-0.1, -0.05) is 75.1 Å². The van der Waals surface area contributed by atoms with Gasteiger partial charge in [0.25, 0.3) is 5.91 Å². The summed E-state index contributed by atoms with van der Waals surface area (Å²) >= 11 is 2.14. The van der Waals surface area contributed by atoms with E-state index in [4.69, 9.17) is 0 Å². The van der Waals surface area contributed by atoms with Crippen molar-refractivity contribution in [3.05, 3.63) is 69.3 Å². The Labute approximate surface area is 203 Å². The molecule has 2 amide bonds. The first kappa shape index (κ1) is 25.8. The van der Waals surface area contributed by atoms with Gasteiger partial charge in [0, 0.05) is 10.1 Å². The van der Waals surface area contributed by atoms with E-state index in [-0.39, 0.29) is 18.4 Å². The molecule has 0 saturated carbocycles. The van der Waals surface area contributed by atoms with Crippen LogP contribution in [0.25, 0.3) is 0 Å². The molecule has 32 heavy (non-hydrogen) atoms. The van der Waals surface area contributed by atoms with Crippen LogP contribution in [0.1, 0.15) is 54.9 Å². The molecule has 0 radical (unpaired) electrons. The maximum Gasteiger partial charge on any atom is 0.325 e. The molecule has 6 nitrogen and oxygen atoms in total. The Kier molecular flexibility index (Phi) is 11.2. The number of nitrogens with one attached hydrogen (secondary N) is 1. The van der Waals surface area contributed by atoms with Crippen molar-refractivity contribution in [3.8, 4) is 0 Å². The van der Waals surface area contributed by atoms with Crippen molar-refractivity contribution in [2.24, 2.45) is 0 Å². The fourth-order valence-electron chi connectivity index (χ4n) is 3.44. The summed E-state index contributed by atoms with van der Waals surface area (Å²) in [5.74, 6) is -1.07. The number of hydrogen-bond donors (Lipinski definition) is 1. The monoisotopic (exact) mass is 550 g/mol. The molecule has 0 saturated heterocycles. The number of amides is 2. The van der Waals surface area contributed by atoms with Crippen molar-refractivity contribution in [1.29, 1.82) is 0 Å². The summed E-state index contributed by atoms with van der Waals surface area (Å²) in [5, 5.41) is 2.65. The highest BCUT2D eigenvalue weighted by atomic mass is 127. The molecule has 1 N–H and O–H groups in total. The average molecular weight is 550 g/mol. The van der Waals surface area contributed by atoms with Gasteiger partial charge in [0.1, 0.15) is 12.6 Å². The number of carbonyl (C=O) groups excluding carboxylic acids is 3. The molecule has 0 aromatic heterocycles. The van der Waals surface area contributed by atoms with Crippen LogP contribution in [-0.2, 0) is 20.9 Å². The van der Waals surface area contributed by atoms with Crippen molar-refractivity contribution in [1.82, 2.24) is 10.2 Å². The zero-order valence-electron chi connectivity index (χ0n) is 18.7. The Morgan fingerprint density at radius 3 is 2.34 bits per heavy atom. The molecule has 1 atom stereocenters. The second-order valence-electron chi connectivity index (χ2n) is 7.56. The molecular formula is C25H31IN2O4. The standard InChI is InChI=1S/C25H31IN2O4/c1-3-4-5-9-16-22(24(30)27-17-23(29)32-2)28(18-19-12-7-6-8-13-19)25(31)20-14-10-11-15-21(20)26/h6-8,10-15,22H,3-5,9,16-18H2,1-2H3,(H,27,30). The maximum absolute atomic E-state index is 13.6. The molecule has 0 aliphatic heterocycles. The van der Waals surface area contributed by atoms with Crippen molar-refractivity contribution in [3.63, 3.8) is 0 Å². The summed E-state index contributed by atoms with van der Waals surface area (Å²) < 4.78 is 5.47. The minimum atomic E-state index is -0.694. The molecular weight excluding hydrogens is 519 g/mol. The van der Waals surface area contributed by atoms with Crippen LogP contribution >= 0.6 is 22.6 Å². The van der Waals surface area contributed by atoms with Gasteiger partial charge >= 0.3 is 5.97 Å². The number of carbonyl (C=O) groups is 3. The summed E-state index contributed by atoms with van der Waals surface area (Å²) in [5.41, 5.74) is 1.49. The predicted molar refractivity (Wildman–Crippen MR) is 133 cm³/mol. The Bertz CT molecular complexity index is 889. The van der Waals surface area contributed by atoms with Crippen molar-refractivity contribution < 1.29 is 19.1 Å². The Hall–Kier alpha value is -2.42. The third-order valence-electron chi connectivity index (χ3n) is 5.21. The van der Waals surface area contributed by atoms with E-state index in [1.165, 1.54) is 7.11 Å². The van der Waals surface area contributed by atoms with Gasteiger partial charge in [-0.3, -0.25) is 14.4 Å². The lowest BCUT2D eigenvalue weighted by atomic mass is 10.0. The van der Waals surface area contributed by atoms with Crippen LogP contribution in [0.4, 0.5) is 0 Å². The van der Waals surface area contributed by atoms with E-state index in [9.17, 15) is 14.4 Å². The zero-order chi connectivity index (χ0) is 23.3. The Balaban J connectivity index is 2.36. The van der Waals surface area contributed by atoms with Gasteiger partial charge < -0.3 is 15.0 Å². The van der Waals surface area contributed by atoms with Gasteiger partial charge in [-0.05, 0) is 46.7 Å². The fraction of sp³-hybridized carbons (Fsp3) is 0.400. The maximum atomic E-state index is 13.6. The molecule has 2 rings (SSSR count). The number of esters is 1. The van der Waals surface area contributed by atoms with Crippen LogP contribution in [0.5, 0.6) is 0 Å². The topological polar surface area (TPSA) is 75.7 Å². The fourth-order valence-corrected chi connectivity index (χ4v) is 4.05. The van der Waals surface area contributed by atoms with Crippen LogP contribution in [-0.4, -0.2) is 42.4 Å². The summed E-state index contributed by atoms with van der Waals surface area (Å²) in [4.78, 5) is 40.0. The molecule has 0 aliphatic carbocycles.